The summed E-state index contributed by atoms with van der Waals surface area (Å²) in [7, 11) is 0. The Hall–Kier alpha value is -8.35. The van der Waals surface area contributed by atoms with Gasteiger partial charge in [0.1, 0.15) is 11.2 Å². The van der Waals surface area contributed by atoms with Crippen LogP contribution in [0.4, 0.5) is 0 Å². The lowest BCUT2D eigenvalue weighted by atomic mass is 10.0. The Balaban J connectivity index is 1.08. The molecule has 0 aliphatic rings. The predicted octanol–water partition coefficient (Wildman–Crippen LogP) is 14.1. The molecule has 284 valence electrons. The number of hydrogen-bond donors (Lipinski definition) is 0. The number of fused-ring (bicyclic) bond motifs is 12. The zero-order valence-electron chi connectivity index (χ0n) is 32.7. The van der Waals surface area contributed by atoms with Crippen LogP contribution in [-0.2, 0) is 0 Å². The number of para-hydroxylation sites is 2. The summed E-state index contributed by atoms with van der Waals surface area (Å²) < 4.78 is 11.5. The molecular weight excluding hydrogens is 747 g/mol. The smallest absolute Gasteiger partial charge is 0.164 e. The van der Waals surface area contributed by atoms with Gasteiger partial charge in [-0.2, -0.15) is 0 Å². The van der Waals surface area contributed by atoms with Gasteiger partial charge in [-0.25, -0.2) is 15.0 Å². The fraction of sp³-hybridized carbons (Fsp3) is 0. The van der Waals surface area contributed by atoms with E-state index in [9.17, 15) is 0 Å². The Morgan fingerprint density at radius 1 is 0.328 bits per heavy atom. The van der Waals surface area contributed by atoms with Gasteiger partial charge in [0.15, 0.2) is 17.5 Å². The minimum atomic E-state index is 0.624. The highest BCUT2D eigenvalue weighted by atomic mass is 16.3. The third kappa shape index (κ3) is 5.12. The van der Waals surface area contributed by atoms with Crippen molar-refractivity contribution in [3.63, 3.8) is 0 Å². The molecule has 61 heavy (non-hydrogen) atoms. The van der Waals surface area contributed by atoms with E-state index in [0.717, 1.165) is 82.8 Å². The van der Waals surface area contributed by atoms with E-state index in [0.29, 0.717) is 17.5 Å². The van der Waals surface area contributed by atoms with Crippen molar-refractivity contribution in [2.75, 3.05) is 0 Å². The van der Waals surface area contributed by atoms with Crippen molar-refractivity contribution in [3.05, 3.63) is 200 Å². The molecule has 4 heterocycles. The van der Waals surface area contributed by atoms with E-state index in [1.165, 1.54) is 21.5 Å². The Kier molecular flexibility index (Phi) is 7.21. The fourth-order valence-corrected chi connectivity index (χ4v) is 9.39. The second kappa shape index (κ2) is 13.1. The molecule has 0 saturated heterocycles. The number of benzene rings is 9. The van der Waals surface area contributed by atoms with Crippen LogP contribution < -0.4 is 0 Å². The van der Waals surface area contributed by atoms with Crippen LogP contribution in [0.15, 0.2) is 205 Å². The lowest BCUT2D eigenvalue weighted by Crippen LogP contribution is -2.00. The summed E-state index contributed by atoms with van der Waals surface area (Å²) in [4.78, 5) is 14.9. The van der Waals surface area contributed by atoms with E-state index in [2.05, 4.69) is 143 Å². The largest absolute Gasteiger partial charge is 0.455 e. The maximum atomic E-state index is 6.75. The highest BCUT2D eigenvalue weighted by Gasteiger charge is 2.23. The molecule has 0 saturated carbocycles. The second-order valence-corrected chi connectivity index (χ2v) is 15.6. The third-order valence-corrected chi connectivity index (χ3v) is 12.1. The topological polar surface area (TPSA) is 61.7 Å². The molecule has 0 atom stereocenters. The monoisotopic (exact) mass is 779 g/mol. The van der Waals surface area contributed by atoms with Gasteiger partial charge in [-0.3, -0.25) is 0 Å². The maximum absolute atomic E-state index is 6.75. The molecular formula is C55H33N5O. The lowest BCUT2D eigenvalue weighted by molar-refractivity contribution is 0.673. The van der Waals surface area contributed by atoms with Crippen LogP contribution in [0.1, 0.15) is 0 Å². The average Bonchev–Trinajstić information content (AvgIpc) is 3.99. The summed E-state index contributed by atoms with van der Waals surface area (Å²) in [6.45, 7) is 0. The van der Waals surface area contributed by atoms with E-state index < -0.39 is 0 Å². The first kappa shape index (κ1) is 33.6. The van der Waals surface area contributed by atoms with E-state index in [-0.39, 0.29) is 0 Å². The standard InChI is InChI=1S/C55H33N5O/c1-4-15-35(16-5-1)53-56-54(36-17-6-2-7-18-36)58-55(57-53)37-24-27-39(28-25-37)60-45-30-26-34-14-10-11-21-40(34)50(45)43-32-44-48(33-47(43)60)59(38-19-8-3-9-20-38)46-31-29-42-41-22-12-13-23-49(41)61-52(42)51(44)46/h1-33H. The van der Waals surface area contributed by atoms with E-state index in [4.69, 9.17) is 19.4 Å². The summed E-state index contributed by atoms with van der Waals surface area (Å²) in [5, 5.41) is 9.32. The van der Waals surface area contributed by atoms with Crippen LogP contribution in [0.3, 0.4) is 0 Å². The number of nitrogens with zero attached hydrogens (tertiary/aromatic N) is 5. The normalized spacial score (nSPS) is 11.9. The van der Waals surface area contributed by atoms with Crippen LogP contribution in [0, 0.1) is 0 Å². The van der Waals surface area contributed by atoms with Crippen molar-refractivity contribution in [3.8, 4) is 45.5 Å². The molecule has 0 unspecified atom stereocenters. The van der Waals surface area contributed by atoms with Gasteiger partial charge in [0, 0.05) is 55.0 Å². The van der Waals surface area contributed by atoms with Gasteiger partial charge in [0.25, 0.3) is 0 Å². The Labute approximate surface area is 349 Å². The van der Waals surface area contributed by atoms with E-state index in [1.807, 2.05) is 66.7 Å². The molecule has 0 amide bonds. The minimum absolute atomic E-state index is 0.624. The first-order valence-electron chi connectivity index (χ1n) is 20.5. The summed E-state index contributed by atoms with van der Waals surface area (Å²) in [6.07, 6.45) is 0. The molecule has 4 aromatic heterocycles. The fourth-order valence-electron chi connectivity index (χ4n) is 9.39. The molecule has 0 spiro atoms. The SMILES string of the molecule is c1ccc(-c2nc(-c3ccccc3)nc(-c3ccc(-n4c5cc6c(cc5c5c7ccccc7ccc54)c4c5oc7ccccc7c5ccc4n6-c4ccccc4)cc3)n2)cc1. The minimum Gasteiger partial charge on any atom is -0.455 e. The van der Waals surface area contributed by atoms with Crippen molar-refractivity contribution in [1.29, 1.82) is 0 Å². The van der Waals surface area contributed by atoms with Crippen molar-refractivity contribution in [1.82, 2.24) is 24.1 Å². The zero-order chi connectivity index (χ0) is 40.0. The van der Waals surface area contributed by atoms with Gasteiger partial charge in [0.05, 0.1) is 27.5 Å². The van der Waals surface area contributed by atoms with E-state index in [1.54, 1.807) is 0 Å². The second-order valence-electron chi connectivity index (χ2n) is 15.6. The third-order valence-electron chi connectivity index (χ3n) is 12.1. The summed E-state index contributed by atoms with van der Waals surface area (Å²) in [5.41, 5.74) is 11.2. The Morgan fingerprint density at radius 2 is 0.836 bits per heavy atom. The van der Waals surface area contributed by atoms with E-state index >= 15 is 0 Å². The molecule has 0 fully saturated rings. The number of hydrogen-bond acceptors (Lipinski definition) is 4. The first-order valence-corrected chi connectivity index (χ1v) is 20.5. The quantitative estimate of drug-likeness (QED) is 0.175. The van der Waals surface area contributed by atoms with Gasteiger partial charge in [-0.05, 0) is 83.6 Å². The van der Waals surface area contributed by atoms with Crippen LogP contribution in [0.2, 0.25) is 0 Å². The molecule has 13 aromatic rings. The highest BCUT2D eigenvalue weighted by molar-refractivity contribution is 6.29. The Bertz CT molecular complexity index is 3790. The molecule has 0 radical (unpaired) electrons. The summed E-state index contributed by atoms with van der Waals surface area (Å²) in [6, 6.07) is 70.3. The van der Waals surface area contributed by atoms with Crippen molar-refractivity contribution in [2.45, 2.75) is 0 Å². The molecule has 6 nitrogen and oxygen atoms in total. The van der Waals surface area contributed by atoms with Crippen LogP contribution in [-0.4, -0.2) is 24.1 Å². The molecule has 0 N–H and O–H groups in total. The maximum Gasteiger partial charge on any atom is 0.164 e. The van der Waals surface area contributed by atoms with Gasteiger partial charge in [-0.1, -0.05) is 127 Å². The molecule has 9 aromatic carbocycles. The number of furan rings is 1. The molecule has 0 aliphatic heterocycles. The van der Waals surface area contributed by atoms with Crippen LogP contribution in [0.5, 0.6) is 0 Å². The van der Waals surface area contributed by atoms with Gasteiger partial charge >= 0.3 is 0 Å². The zero-order valence-corrected chi connectivity index (χ0v) is 32.7. The number of rotatable bonds is 5. The Morgan fingerprint density at radius 3 is 1.51 bits per heavy atom. The lowest BCUT2D eigenvalue weighted by Gasteiger charge is -2.11. The molecule has 0 bridgehead atoms. The molecule has 0 aliphatic carbocycles. The van der Waals surface area contributed by atoms with Gasteiger partial charge in [0.2, 0.25) is 0 Å². The average molecular weight is 780 g/mol. The van der Waals surface area contributed by atoms with Gasteiger partial charge < -0.3 is 13.6 Å². The molecule has 6 heteroatoms. The van der Waals surface area contributed by atoms with Crippen molar-refractivity contribution >= 4 is 76.3 Å². The van der Waals surface area contributed by atoms with Crippen LogP contribution in [0.25, 0.3) is 122 Å². The summed E-state index contributed by atoms with van der Waals surface area (Å²) in [5.74, 6) is 1.90. The van der Waals surface area contributed by atoms with Crippen molar-refractivity contribution in [2.24, 2.45) is 0 Å². The van der Waals surface area contributed by atoms with Gasteiger partial charge in [-0.15, -0.1) is 0 Å². The predicted molar refractivity (Wildman–Crippen MR) is 250 cm³/mol. The molecule has 13 rings (SSSR count). The van der Waals surface area contributed by atoms with Crippen molar-refractivity contribution < 1.29 is 4.42 Å². The summed E-state index contributed by atoms with van der Waals surface area (Å²) >= 11 is 0. The first-order chi connectivity index (χ1) is 30.2. The highest BCUT2D eigenvalue weighted by Crippen LogP contribution is 2.45. The van der Waals surface area contributed by atoms with Crippen LogP contribution >= 0.6 is 0 Å². The number of aromatic nitrogens is 5.